The van der Waals surface area contributed by atoms with Gasteiger partial charge in [-0.3, -0.25) is 9.59 Å². The van der Waals surface area contributed by atoms with Crippen LogP contribution in [0.25, 0.3) is 0 Å². The number of aliphatic hydroxyl groups is 3. The molecule has 200 valence electrons. The summed E-state index contributed by atoms with van der Waals surface area (Å²) in [5, 5.41) is 35.6. The number of hydrogen-bond donors (Lipinski definition) is 3. The molecule has 0 amide bonds. The molecule has 9 atom stereocenters. The summed E-state index contributed by atoms with van der Waals surface area (Å²) in [6.45, 7) is 11.6. The van der Waals surface area contributed by atoms with Crippen molar-refractivity contribution in [3.05, 3.63) is 11.6 Å². The van der Waals surface area contributed by atoms with E-state index in [1.54, 1.807) is 6.92 Å². The number of ketones is 1. The molecule has 1 aliphatic heterocycles. The smallest absolute Gasteiger partial charge is 0.303 e. The van der Waals surface area contributed by atoms with Crippen LogP contribution in [0.15, 0.2) is 11.6 Å². The number of carbonyl (C=O) groups is 2. The van der Waals surface area contributed by atoms with Crippen LogP contribution >= 0.6 is 12.0 Å². The van der Waals surface area contributed by atoms with E-state index in [1.807, 2.05) is 33.8 Å². The van der Waals surface area contributed by atoms with E-state index in [4.69, 9.17) is 15.0 Å². The van der Waals surface area contributed by atoms with Gasteiger partial charge in [0.25, 0.3) is 0 Å². The molecule has 3 rings (SSSR count). The van der Waals surface area contributed by atoms with Crippen LogP contribution in [0.2, 0.25) is 0 Å². The van der Waals surface area contributed by atoms with Crippen molar-refractivity contribution in [3.63, 3.8) is 0 Å². The number of fused-ring (bicyclic) bond motifs is 1. The van der Waals surface area contributed by atoms with E-state index in [-0.39, 0.29) is 113 Å². The van der Waals surface area contributed by atoms with Crippen LogP contribution in [-0.4, -0.2) is 75.5 Å². The molecule has 2 fully saturated rings. The van der Waals surface area contributed by atoms with Gasteiger partial charge in [-0.15, -0.1) is 0 Å². The van der Waals surface area contributed by atoms with E-state index < -0.39 is 64.1 Å². The van der Waals surface area contributed by atoms with Crippen molar-refractivity contribution in [2.75, 3.05) is 12.8 Å². The number of ether oxygens (including phenoxy) is 2. The summed E-state index contributed by atoms with van der Waals surface area (Å²) in [5.41, 5.74) is -4.54. The third-order valence-electron chi connectivity index (χ3n) is 8.84. The van der Waals surface area contributed by atoms with E-state index >= 15 is 0 Å². The number of hydrogen-bond acceptors (Lipinski definition) is 9. The van der Waals surface area contributed by atoms with Gasteiger partial charge >= 0.3 is 5.97 Å². The Labute approximate surface area is 292 Å². The molecule has 0 bridgehead atoms. The number of aliphatic hydroxyl groups excluding tert-OH is 1. The molecular formula is C25H40Ac2O8S. The zero-order valence-electron chi connectivity index (χ0n) is 23.3. The van der Waals surface area contributed by atoms with Crippen LogP contribution in [0.4, 0.5) is 0 Å². The Hall–Kier alpha value is 1.91. The first-order valence-electron chi connectivity index (χ1n) is 12.5. The average molecular weight is 957 g/mol. The quantitative estimate of drug-likeness (QED) is 0.201. The Morgan fingerprint density at radius 3 is 2.33 bits per heavy atom. The van der Waals surface area contributed by atoms with Gasteiger partial charge in [-0.1, -0.05) is 33.8 Å². The molecule has 0 aromatic rings. The van der Waals surface area contributed by atoms with Crippen molar-refractivity contribution in [1.29, 1.82) is 0 Å². The van der Waals surface area contributed by atoms with E-state index in [9.17, 15) is 24.9 Å². The van der Waals surface area contributed by atoms with Gasteiger partial charge in [0.2, 0.25) is 0 Å². The summed E-state index contributed by atoms with van der Waals surface area (Å²) in [6, 6.07) is 0. The van der Waals surface area contributed by atoms with Gasteiger partial charge in [0, 0.05) is 126 Å². The third-order valence-corrected chi connectivity index (χ3v) is 9.21. The SMILES string of the molecule is [3H]CSO[C@H]1C[C@@](O)([C@@H](OC(C)=O)C2[C@](C)([C@H](O)C(C)=O)[C@@H](C)C[C@H]3OC[C@@]23O)C(C)(C)C=C1C.[Ac].[Ac]. The summed E-state index contributed by atoms with van der Waals surface area (Å²) < 4.78 is 24.8. The maximum absolute atomic E-state index is 12.5. The molecule has 1 saturated heterocycles. The van der Waals surface area contributed by atoms with Gasteiger partial charge in [-0.25, -0.2) is 0 Å². The zero-order chi connectivity index (χ0) is 26.6. The Balaban J connectivity index is 0.00000342. The maximum Gasteiger partial charge on any atom is 0.303 e. The second-order valence-corrected chi connectivity index (χ2v) is 11.7. The van der Waals surface area contributed by atoms with E-state index in [0.29, 0.717) is 6.42 Å². The Bertz CT molecular complexity index is 891. The van der Waals surface area contributed by atoms with Crippen LogP contribution in [0, 0.1) is 111 Å². The van der Waals surface area contributed by atoms with Crippen LogP contribution in [0.3, 0.4) is 0 Å². The predicted octanol–water partition coefficient (Wildman–Crippen LogP) is 2.43. The molecule has 3 N–H and O–H groups in total. The van der Waals surface area contributed by atoms with Gasteiger partial charge in [0.15, 0.2) is 5.78 Å². The van der Waals surface area contributed by atoms with Crippen molar-refractivity contribution < 1.29 is 128 Å². The molecule has 8 nitrogen and oxygen atoms in total. The number of rotatable bonds is 7. The summed E-state index contributed by atoms with van der Waals surface area (Å²) >= 11 is 0.954. The molecule has 1 saturated carbocycles. The van der Waals surface area contributed by atoms with Crippen molar-refractivity contribution >= 4 is 23.8 Å². The topological polar surface area (TPSA) is 123 Å². The minimum Gasteiger partial charge on any atom is -0.459 e. The van der Waals surface area contributed by atoms with Crippen molar-refractivity contribution in [1.82, 2.24) is 0 Å². The van der Waals surface area contributed by atoms with Crippen LogP contribution in [0.1, 0.15) is 62.7 Å². The molecule has 11 heteroatoms. The van der Waals surface area contributed by atoms with Crippen molar-refractivity contribution in [2.24, 2.45) is 22.7 Å². The molecule has 1 unspecified atom stereocenters. The molecule has 1 heterocycles. The van der Waals surface area contributed by atoms with Crippen LogP contribution in [-0.2, 0) is 23.2 Å². The first-order chi connectivity index (χ1) is 16.1. The Morgan fingerprint density at radius 2 is 1.86 bits per heavy atom. The maximum atomic E-state index is 12.5. The Morgan fingerprint density at radius 1 is 1.25 bits per heavy atom. The number of Topliss-reactive ketones (excluding diaryl/α,β-unsaturated/α-hetero) is 1. The molecule has 3 aliphatic rings. The summed E-state index contributed by atoms with van der Waals surface area (Å²) in [5.74, 6) is -2.43. The largest absolute Gasteiger partial charge is 0.459 e. The van der Waals surface area contributed by atoms with Crippen molar-refractivity contribution in [2.45, 2.75) is 96.9 Å². The first kappa shape index (κ1) is 34.1. The van der Waals surface area contributed by atoms with Crippen molar-refractivity contribution in [3.8, 4) is 0 Å². The summed E-state index contributed by atoms with van der Waals surface area (Å²) in [6.07, 6.45) is -1.60. The molecule has 2 radical (unpaired) electrons. The second kappa shape index (κ2) is 12.8. The molecule has 2 aliphatic carbocycles. The van der Waals surface area contributed by atoms with E-state index in [1.165, 1.54) is 13.8 Å². The zero-order valence-corrected chi connectivity index (χ0v) is 32.6. The fourth-order valence-corrected chi connectivity index (χ4v) is 6.99. The van der Waals surface area contributed by atoms with E-state index in [0.717, 1.165) is 17.6 Å². The van der Waals surface area contributed by atoms with Gasteiger partial charge in [-0.2, -0.15) is 0 Å². The Kier molecular flexibility index (Phi) is 12.2. The number of carbonyl (C=O) groups excluding carboxylic acids is 2. The minimum absolute atomic E-state index is 0. The van der Waals surface area contributed by atoms with Gasteiger partial charge < -0.3 is 29.0 Å². The summed E-state index contributed by atoms with van der Waals surface area (Å²) in [7, 11) is 0. The summed E-state index contributed by atoms with van der Waals surface area (Å²) in [4.78, 5) is 25.0. The average Bonchev–Trinajstić information content (AvgIpc) is 2.75. The van der Waals surface area contributed by atoms with Crippen LogP contribution < -0.4 is 0 Å². The second-order valence-electron chi connectivity index (χ2n) is 11.3. The fraction of sp³-hybridized carbons (Fsp3) is 0.840. The van der Waals surface area contributed by atoms with Gasteiger partial charge in [0.1, 0.15) is 23.4 Å². The van der Waals surface area contributed by atoms with Gasteiger partial charge in [0.05, 0.1) is 18.8 Å². The van der Waals surface area contributed by atoms with Gasteiger partial charge in [-0.05, 0) is 43.8 Å². The molecule has 0 aromatic heterocycles. The molecular weight excluding hydrogens is 914 g/mol. The predicted molar refractivity (Wildman–Crippen MR) is 128 cm³/mol. The fourth-order valence-electron chi connectivity index (χ4n) is 6.61. The first-order valence-corrected chi connectivity index (χ1v) is 12.7. The van der Waals surface area contributed by atoms with Crippen LogP contribution in [0.5, 0.6) is 0 Å². The molecule has 36 heavy (non-hydrogen) atoms. The third kappa shape index (κ3) is 5.93. The standard InChI is InChI=1S/C25H40O8S.2Ac/c1-13-10-22(5,6)25(30,11-17(13)33-34-8)21(32-16(4)27)19-23(7,20(28)15(3)26)14(2)9-18-24(19,29)12-31-18;;/h10,14,17-21,28-30H,9,11-12H2,1-8H3;;/t14-,17-,18+,19?,20+,21-,23+,24-,25+;;/m0../s1/i8T;;. The number of esters is 1. The molecule has 0 aromatic carbocycles. The normalized spacial score (nSPS) is 41.1. The minimum atomic E-state index is -1.74. The molecule has 0 spiro atoms. The monoisotopic (exact) mass is 956 g/mol. The van der Waals surface area contributed by atoms with E-state index in [2.05, 4.69) is 0 Å².